The van der Waals surface area contributed by atoms with E-state index in [2.05, 4.69) is 0 Å². The fourth-order valence-electron chi connectivity index (χ4n) is 4.06. The van der Waals surface area contributed by atoms with Gasteiger partial charge in [-0.3, -0.25) is 9.63 Å². The Morgan fingerprint density at radius 3 is 2.69 bits per heavy atom. The Morgan fingerprint density at radius 2 is 1.93 bits per heavy atom. The summed E-state index contributed by atoms with van der Waals surface area (Å²) in [5, 5.41) is 1.80. The van der Waals surface area contributed by atoms with Crippen LogP contribution in [0.3, 0.4) is 0 Å². The molecule has 0 bridgehead atoms. The van der Waals surface area contributed by atoms with Crippen LogP contribution in [0.5, 0.6) is 11.5 Å². The monoisotopic (exact) mass is 392 g/mol. The van der Waals surface area contributed by atoms with E-state index in [1.165, 1.54) is 0 Å². The van der Waals surface area contributed by atoms with Gasteiger partial charge >= 0.3 is 0 Å². The first kappa shape index (κ1) is 17.6. The van der Waals surface area contributed by atoms with Crippen molar-refractivity contribution in [1.82, 2.24) is 4.90 Å². The van der Waals surface area contributed by atoms with Crippen LogP contribution < -0.4 is 14.5 Å². The first-order valence-corrected chi connectivity index (χ1v) is 9.31. The largest absolute Gasteiger partial charge is 0.493 e. The first-order valence-electron chi connectivity index (χ1n) is 9.31. The summed E-state index contributed by atoms with van der Waals surface area (Å²) in [5.74, 6) is 1.87. The van der Waals surface area contributed by atoms with E-state index in [4.69, 9.17) is 18.7 Å². The number of fused-ring (bicyclic) bond motifs is 5. The van der Waals surface area contributed by atoms with E-state index in [9.17, 15) is 4.79 Å². The Bertz CT molecular complexity index is 1060. The number of furan rings is 1. The molecule has 0 spiro atoms. The number of hydrogen-bond acceptors (Lipinski definition) is 6. The highest BCUT2D eigenvalue weighted by molar-refractivity contribution is 6.01. The summed E-state index contributed by atoms with van der Waals surface area (Å²) >= 11 is 0. The van der Waals surface area contributed by atoms with Gasteiger partial charge in [-0.25, -0.2) is 5.06 Å². The molecule has 3 heterocycles. The van der Waals surface area contributed by atoms with Crippen molar-refractivity contribution in [2.45, 2.75) is 19.3 Å². The summed E-state index contributed by atoms with van der Waals surface area (Å²) in [4.78, 5) is 21.3. The summed E-state index contributed by atoms with van der Waals surface area (Å²) in [6, 6.07) is 15.0. The molecule has 1 atom stereocenters. The number of hydroxylamine groups is 1. The average Bonchev–Trinajstić information content (AvgIpc) is 3.28. The van der Waals surface area contributed by atoms with Crippen LogP contribution in [-0.4, -0.2) is 25.0 Å². The number of benzene rings is 2. The predicted octanol–water partition coefficient (Wildman–Crippen LogP) is 3.90. The van der Waals surface area contributed by atoms with Crippen molar-refractivity contribution in [1.29, 1.82) is 0 Å². The van der Waals surface area contributed by atoms with E-state index in [1.807, 2.05) is 48.5 Å². The molecule has 1 amide bonds. The van der Waals surface area contributed by atoms with Crippen molar-refractivity contribution in [2.75, 3.05) is 19.3 Å². The maximum absolute atomic E-state index is 13.4. The molecule has 1 unspecified atom stereocenters. The van der Waals surface area contributed by atoms with Gasteiger partial charge in [-0.15, -0.1) is 0 Å². The summed E-state index contributed by atoms with van der Waals surface area (Å²) in [7, 11) is 3.20. The third-order valence-electron chi connectivity index (χ3n) is 5.37. The lowest BCUT2D eigenvalue weighted by Gasteiger charge is -2.47. The van der Waals surface area contributed by atoms with Crippen molar-refractivity contribution in [3.63, 3.8) is 0 Å². The van der Waals surface area contributed by atoms with Crippen LogP contribution in [0.2, 0.25) is 0 Å². The van der Waals surface area contributed by atoms with Gasteiger partial charge in [-0.2, -0.15) is 0 Å². The van der Waals surface area contributed by atoms with E-state index in [0.29, 0.717) is 36.0 Å². The van der Waals surface area contributed by atoms with E-state index < -0.39 is 6.17 Å². The zero-order chi connectivity index (χ0) is 20.0. The molecule has 5 rings (SSSR count). The van der Waals surface area contributed by atoms with E-state index in [0.717, 1.165) is 16.8 Å². The quantitative estimate of drug-likeness (QED) is 0.671. The van der Waals surface area contributed by atoms with Crippen molar-refractivity contribution in [2.24, 2.45) is 0 Å². The molecule has 148 valence electrons. The standard InChI is InChI=1S/C22H20N2O5/c1-26-19-10-9-15-17(20(19)27-2)13-29-24-18-8-4-3-7-16(18)22(25)23(21(15)24)12-14-6-5-11-28-14/h3-11,21H,12-13H2,1-2H3. The predicted molar refractivity (Wildman–Crippen MR) is 105 cm³/mol. The lowest BCUT2D eigenvalue weighted by atomic mass is 9.97. The van der Waals surface area contributed by atoms with Gasteiger partial charge in [0.25, 0.3) is 5.91 Å². The topological polar surface area (TPSA) is 64.4 Å². The number of hydrogen-bond donors (Lipinski definition) is 0. The highest BCUT2D eigenvalue weighted by Crippen LogP contribution is 2.47. The lowest BCUT2D eigenvalue weighted by Crippen LogP contribution is -2.51. The van der Waals surface area contributed by atoms with Crippen LogP contribution >= 0.6 is 0 Å². The van der Waals surface area contributed by atoms with Crippen LogP contribution in [0, 0.1) is 0 Å². The molecule has 1 aromatic heterocycles. The number of rotatable bonds is 4. The highest BCUT2D eigenvalue weighted by atomic mass is 16.7. The van der Waals surface area contributed by atoms with Gasteiger partial charge in [0.2, 0.25) is 0 Å². The Labute approximate surface area is 167 Å². The minimum Gasteiger partial charge on any atom is -0.493 e. The second-order valence-corrected chi connectivity index (χ2v) is 6.87. The Hall–Kier alpha value is -3.45. The summed E-state index contributed by atoms with van der Waals surface area (Å²) in [6.07, 6.45) is 1.15. The molecular weight excluding hydrogens is 372 g/mol. The van der Waals surface area contributed by atoms with Crippen LogP contribution in [0.15, 0.2) is 59.2 Å². The molecule has 0 radical (unpaired) electrons. The fraction of sp³-hybridized carbons (Fsp3) is 0.227. The smallest absolute Gasteiger partial charge is 0.258 e. The van der Waals surface area contributed by atoms with Crippen molar-refractivity contribution < 1.29 is 23.5 Å². The van der Waals surface area contributed by atoms with Gasteiger partial charge < -0.3 is 18.8 Å². The first-order chi connectivity index (χ1) is 14.2. The fourth-order valence-corrected chi connectivity index (χ4v) is 4.06. The number of carbonyl (C=O) groups excluding carboxylic acids is 1. The van der Waals surface area contributed by atoms with Crippen molar-refractivity contribution in [3.05, 3.63) is 77.2 Å². The van der Waals surface area contributed by atoms with Gasteiger partial charge in [0.05, 0.1) is 38.3 Å². The Morgan fingerprint density at radius 1 is 1.07 bits per heavy atom. The molecule has 29 heavy (non-hydrogen) atoms. The highest BCUT2D eigenvalue weighted by Gasteiger charge is 2.44. The number of nitrogens with zero attached hydrogens (tertiary/aromatic N) is 2. The number of anilines is 1. The van der Waals surface area contributed by atoms with Crippen molar-refractivity contribution >= 4 is 11.6 Å². The minimum atomic E-state index is -0.453. The molecule has 7 heteroatoms. The van der Waals surface area contributed by atoms with Gasteiger partial charge in [0.1, 0.15) is 12.4 Å². The van der Waals surface area contributed by atoms with Gasteiger partial charge in [0, 0.05) is 11.1 Å². The van der Waals surface area contributed by atoms with Crippen LogP contribution in [0.25, 0.3) is 0 Å². The van der Waals surface area contributed by atoms with Crippen LogP contribution in [-0.2, 0) is 18.0 Å². The second kappa shape index (κ2) is 6.86. The molecule has 0 saturated carbocycles. The number of amides is 1. The maximum Gasteiger partial charge on any atom is 0.258 e. The summed E-state index contributed by atoms with van der Waals surface area (Å²) < 4.78 is 16.6. The van der Waals surface area contributed by atoms with Crippen molar-refractivity contribution in [3.8, 4) is 11.5 Å². The van der Waals surface area contributed by atoms with Gasteiger partial charge in [-0.05, 0) is 30.3 Å². The van der Waals surface area contributed by atoms with E-state index in [1.54, 1.807) is 30.4 Å². The Kier molecular flexibility index (Phi) is 4.17. The second-order valence-electron chi connectivity index (χ2n) is 6.87. The number of para-hydroxylation sites is 1. The van der Waals surface area contributed by atoms with Crippen LogP contribution in [0.1, 0.15) is 33.4 Å². The molecule has 0 aliphatic carbocycles. The average molecular weight is 392 g/mol. The number of carbonyl (C=O) groups is 1. The summed E-state index contributed by atoms with van der Waals surface area (Å²) in [6.45, 7) is 0.627. The molecule has 0 fully saturated rings. The molecule has 2 aliphatic heterocycles. The SMILES string of the molecule is COc1ccc2c(c1OC)CON1c3ccccc3C(=O)N(Cc3ccco3)C21. The molecule has 3 aromatic rings. The summed E-state index contributed by atoms with van der Waals surface area (Å²) in [5.41, 5.74) is 3.14. The molecule has 2 aliphatic rings. The van der Waals surface area contributed by atoms with E-state index >= 15 is 0 Å². The molecular formula is C22H20N2O5. The normalized spacial score (nSPS) is 17.4. The maximum atomic E-state index is 13.4. The van der Waals surface area contributed by atoms with Gasteiger partial charge in [-0.1, -0.05) is 18.2 Å². The number of methoxy groups -OCH3 is 2. The Balaban J connectivity index is 1.68. The zero-order valence-corrected chi connectivity index (χ0v) is 16.1. The number of ether oxygens (including phenoxy) is 2. The molecule has 7 nitrogen and oxygen atoms in total. The van der Waals surface area contributed by atoms with E-state index in [-0.39, 0.29) is 5.91 Å². The molecule has 0 saturated heterocycles. The minimum absolute atomic E-state index is 0.0792. The third kappa shape index (κ3) is 2.66. The van der Waals surface area contributed by atoms with Gasteiger partial charge in [0.15, 0.2) is 17.7 Å². The van der Waals surface area contributed by atoms with Crippen LogP contribution in [0.4, 0.5) is 5.69 Å². The molecule has 2 aromatic carbocycles. The third-order valence-corrected chi connectivity index (χ3v) is 5.37. The lowest BCUT2D eigenvalue weighted by molar-refractivity contribution is -0.00599. The molecule has 0 N–H and O–H groups in total. The zero-order valence-electron chi connectivity index (χ0n) is 16.1.